The van der Waals surface area contributed by atoms with Crippen molar-refractivity contribution in [2.45, 2.75) is 0 Å². The predicted molar refractivity (Wildman–Crippen MR) is 93.0 cm³/mol. The summed E-state index contributed by atoms with van der Waals surface area (Å²) >= 11 is 5.99. The van der Waals surface area contributed by atoms with Gasteiger partial charge in [-0.2, -0.15) is 4.98 Å². The normalized spacial score (nSPS) is 10.4. The maximum atomic E-state index is 13.7. The molecule has 0 unspecified atom stereocenters. The predicted octanol–water partition coefficient (Wildman–Crippen LogP) is 4.90. The summed E-state index contributed by atoms with van der Waals surface area (Å²) in [5.74, 6) is -0.209. The van der Waals surface area contributed by atoms with Crippen molar-refractivity contribution in [2.24, 2.45) is 0 Å². The maximum absolute atomic E-state index is 13.7. The van der Waals surface area contributed by atoms with Crippen LogP contribution in [0.4, 0.5) is 31.9 Å². The molecule has 2 aromatic carbocycles. The van der Waals surface area contributed by atoms with E-state index >= 15 is 0 Å². The first-order chi connectivity index (χ1) is 12.0. The molecule has 0 aliphatic carbocycles. The molecular formula is C17H13ClF2N4O. The number of hydrogen-bond donors (Lipinski definition) is 2. The third-order valence-electron chi connectivity index (χ3n) is 3.26. The van der Waals surface area contributed by atoms with Gasteiger partial charge >= 0.3 is 0 Å². The Kier molecular flexibility index (Phi) is 4.95. The van der Waals surface area contributed by atoms with Crippen LogP contribution in [0.5, 0.6) is 5.75 Å². The summed E-state index contributed by atoms with van der Waals surface area (Å²) < 4.78 is 32.0. The molecule has 0 aliphatic heterocycles. The van der Waals surface area contributed by atoms with Crippen molar-refractivity contribution >= 4 is 34.7 Å². The first-order valence-electron chi connectivity index (χ1n) is 7.21. The zero-order valence-electron chi connectivity index (χ0n) is 13.1. The van der Waals surface area contributed by atoms with Gasteiger partial charge in [0.1, 0.15) is 23.2 Å². The summed E-state index contributed by atoms with van der Waals surface area (Å²) in [6, 6.07) is 9.87. The van der Waals surface area contributed by atoms with E-state index in [9.17, 15) is 8.78 Å². The summed E-state index contributed by atoms with van der Waals surface area (Å²) in [7, 11) is 1.53. The Morgan fingerprint density at radius 1 is 1.00 bits per heavy atom. The first kappa shape index (κ1) is 16.9. The van der Waals surface area contributed by atoms with E-state index < -0.39 is 11.6 Å². The second-order valence-electron chi connectivity index (χ2n) is 4.98. The molecule has 0 atom stereocenters. The largest absolute Gasteiger partial charge is 0.495 e. The minimum atomic E-state index is -0.718. The minimum Gasteiger partial charge on any atom is -0.495 e. The number of nitrogens with zero attached hydrogens (tertiary/aromatic N) is 2. The van der Waals surface area contributed by atoms with Crippen molar-refractivity contribution in [3.63, 3.8) is 0 Å². The highest BCUT2D eigenvalue weighted by Crippen LogP contribution is 2.30. The molecular weight excluding hydrogens is 350 g/mol. The van der Waals surface area contributed by atoms with E-state index in [1.807, 2.05) is 0 Å². The van der Waals surface area contributed by atoms with Crippen LogP contribution in [0.2, 0.25) is 5.02 Å². The van der Waals surface area contributed by atoms with Crippen molar-refractivity contribution in [3.8, 4) is 5.75 Å². The van der Waals surface area contributed by atoms with Crippen LogP contribution in [0.25, 0.3) is 0 Å². The first-order valence-corrected chi connectivity index (χ1v) is 7.58. The topological polar surface area (TPSA) is 59.1 Å². The lowest BCUT2D eigenvalue weighted by Crippen LogP contribution is -2.02. The molecule has 3 aromatic rings. The van der Waals surface area contributed by atoms with Gasteiger partial charge in [-0.3, -0.25) is 0 Å². The molecule has 0 saturated heterocycles. The van der Waals surface area contributed by atoms with Gasteiger partial charge in [-0.25, -0.2) is 13.8 Å². The SMILES string of the molecule is COc1ccc(Cl)cc1Nc1nccc(Nc2ccc(F)cc2F)n1. The number of nitrogens with one attached hydrogen (secondary N) is 2. The van der Waals surface area contributed by atoms with Crippen molar-refractivity contribution in [2.75, 3.05) is 17.7 Å². The Balaban J connectivity index is 1.83. The van der Waals surface area contributed by atoms with E-state index in [-0.39, 0.29) is 11.6 Å². The van der Waals surface area contributed by atoms with Crippen molar-refractivity contribution in [1.82, 2.24) is 9.97 Å². The summed E-state index contributed by atoms with van der Waals surface area (Å²) in [5, 5.41) is 6.28. The number of hydrogen-bond acceptors (Lipinski definition) is 5. The molecule has 0 fully saturated rings. The molecule has 0 spiro atoms. The van der Waals surface area contributed by atoms with Gasteiger partial charge in [0.25, 0.3) is 0 Å². The van der Waals surface area contributed by atoms with Gasteiger partial charge in [0.2, 0.25) is 5.95 Å². The second kappa shape index (κ2) is 7.31. The van der Waals surface area contributed by atoms with Gasteiger partial charge in [0.15, 0.2) is 0 Å². The van der Waals surface area contributed by atoms with Gasteiger partial charge in [-0.05, 0) is 36.4 Å². The highest BCUT2D eigenvalue weighted by atomic mass is 35.5. The van der Waals surface area contributed by atoms with Crippen LogP contribution in [0, 0.1) is 11.6 Å². The van der Waals surface area contributed by atoms with Crippen LogP contribution < -0.4 is 15.4 Å². The van der Waals surface area contributed by atoms with Crippen molar-refractivity contribution in [3.05, 3.63) is 65.3 Å². The van der Waals surface area contributed by atoms with E-state index in [0.717, 1.165) is 12.1 Å². The number of anilines is 4. The molecule has 0 amide bonds. The number of ether oxygens (including phenoxy) is 1. The molecule has 0 bridgehead atoms. The van der Waals surface area contributed by atoms with Crippen LogP contribution in [0.1, 0.15) is 0 Å². The molecule has 128 valence electrons. The zero-order chi connectivity index (χ0) is 17.8. The van der Waals surface area contributed by atoms with Gasteiger partial charge in [-0.1, -0.05) is 11.6 Å². The molecule has 0 aliphatic rings. The lowest BCUT2D eigenvalue weighted by molar-refractivity contribution is 0.417. The fourth-order valence-corrected chi connectivity index (χ4v) is 2.29. The smallest absolute Gasteiger partial charge is 0.229 e. The molecule has 8 heteroatoms. The van der Waals surface area contributed by atoms with E-state index in [2.05, 4.69) is 20.6 Å². The molecule has 0 saturated carbocycles. The van der Waals surface area contributed by atoms with Gasteiger partial charge in [0.05, 0.1) is 18.5 Å². The Bertz CT molecular complexity index is 908. The molecule has 1 aromatic heterocycles. The minimum absolute atomic E-state index is 0.103. The quantitative estimate of drug-likeness (QED) is 0.675. The van der Waals surface area contributed by atoms with E-state index in [4.69, 9.17) is 16.3 Å². The molecule has 25 heavy (non-hydrogen) atoms. The monoisotopic (exact) mass is 362 g/mol. The van der Waals surface area contributed by atoms with E-state index in [1.165, 1.54) is 19.4 Å². The Hall–Kier alpha value is -2.93. The number of benzene rings is 2. The Morgan fingerprint density at radius 2 is 1.84 bits per heavy atom. The van der Waals surface area contributed by atoms with Crippen LogP contribution in [0.15, 0.2) is 48.7 Å². The highest BCUT2D eigenvalue weighted by Gasteiger charge is 2.08. The van der Waals surface area contributed by atoms with Crippen molar-refractivity contribution < 1.29 is 13.5 Å². The average molecular weight is 363 g/mol. The third kappa shape index (κ3) is 4.13. The fraction of sp³-hybridized carbons (Fsp3) is 0.0588. The van der Waals surface area contributed by atoms with Gasteiger partial charge in [-0.15, -0.1) is 0 Å². The van der Waals surface area contributed by atoms with Crippen LogP contribution in [-0.4, -0.2) is 17.1 Å². The average Bonchev–Trinajstić information content (AvgIpc) is 2.58. The summed E-state index contributed by atoms with van der Waals surface area (Å²) in [4.78, 5) is 8.34. The van der Waals surface area contributed by atoms with Gasteiger partial charge in [0, 0.05) is 17.3 Å². The van der Waals surface area contributed by atoms with Crippen LogP contribution in [-0.2, 0) is 0 Å². The van der Waals surface area contributed by atoms with E-state index in [0.29, 0.717) is 22.3 Å². The summed E-state index contributed by atoms with van der Waals surface area (Å²) in [6.45, 7) is 0. The Morgan fingerprint density at radius 3 is 2.60 bits per heavy atom. The molecule has 0 radical (unpaired) electrons. The number of aromatic nitrogens is 2. The maximum Gasteiger partial charge on any atom is 0.229 e. The summed E-state index contributed by atoms with van der Waals surface area (Å²) in [5.41, 5.74) is 0.687. The second-order valence-corrected chi connectivity index (χ2v) is 5.42. The molecule has 2 N–H and O–H groups in total. The Labute approximate surface area is 147 Å². The van der Waals surface area contributed by atoms with E-state index in [1.54, 1.807) is 24.3 Å². The third-order valence-corrected chi connectivity index (χ3v) is 3.49. The summed E-state index contributed by atoms with van der Waals surface area (Å²) in [6.07, 6.45) is 1.50. The number of rotatable bonds is 5. The standard InChI is InChI=1S/C17H13ClF2N4O/c1-25-15-5-2-10(18)8-14(15)23-17-21-7-6-16(24-17)22-13-4-3-11(19)9-12(13)20/h2-9H,1H3,(H2,21,22,23,24). The molecule has 5 nitrogen and oxygen atoms in total. The fourth-order valence-electron chi connectivity index (χ4n) is 2.12. The highest BCUT2D eigenvalue weighted by molar-refractivity contribution is 6.31. The van der Waals surface area contributed by atoms with Gasteiger partial charge < -0.3 is 15.4 Å². The lowest BCUT2D eigenvalue weighted by atomic mass is 10.3. The molecule has 3 rings (SSSR count). The molecule has 1 heterocycles. The van der Waals surface area contributed by atoms with Crippen LogP contribution >= 0.6 is 11.6 Å². The van der Waals surface area contributed by atoms with Crippen molar-refractivity contribution in [1.29, 1.82) is 0 Å². The zero-order valence-corrected chi connectivity index (χ0v) is 13.8. The number of halogens is 3. The lowest BCUT2D eigenvalue weighted by Gasteiger charge is -2.12. The van der Waals surface area contributed by atoms with Crippen LogP contribution in [0.3, 0.4) is 0 Å². The number of methoxy groups -OCH3 is 1.